The number of ketones is 1. The first-order valence-electron chi connectivity index (χ1n) is 9.63. The monoisotopic (exact) mass is 419 g/mol. The van der Waals surface area contributed by atoms with Gasteiger partial charge in [-0.3, -0.25) is 9.79 Å². The van der Waals surface area contributed by atoms with Gasteiger partial charge in [0.05, 0.1) is 5.56 Å². The number of hydrogen-bond acceptors (Lipinski definition) is 5. The van der Waals surface area contributed by atoms with E-state index in [0.29, 0.717) is 12.1 Å². The maximum atomic E-state index is 14.6. The van der Waals surface area contributed by atoms with Gasteiger partial charge in [0, 0.05) is 30.6 Å². The molecule has 0 bridgehead atoms. The van der Waals surface area contributed by atoms with Crippen LogP contribution in [-0.2, 0) is 9.53 Å². The maximum absolute atomic E-state index is 14.6. The van der Waals surface area contributed by atoms with Gasteiger partial charge in [0.15, 0.2) is 12.0 Å². The highest BCUT2D eigenvalue weighted by Crippen LogP contribution is 2.30. The predicted molar refractivity (Wildman–Crippen MR) is 112 cm³/mol. The minimum absolute atomic E-state index is 0.00353. The summed E-state index contributed by atoms with van der Waals surface area (Å²) < 4.78 is 33.6. The summed E-state index contributed by atoms with van der Waals surface area (Å²) in [5.74, 6) is -2.30. The van der Waals surface area contributed by atoms with Gasteiger partial charge in [-0.25, -0.2) is 18.6 Å². The zero-order chi connectivity index (χ0) is 22.6. The molecule has 2 atom stereocenters. The van der Waals surface area contributed by atoms with E-state index < -0.39 is 29.3 Å². The number of aliphatic imine (C=N–C) groups is 2. The summed E-state index contributed by atoms with van der Waals surface area (Å²) in [6.07, 6.45) is -0.985. The van der Waals surface area contributed by atoms with Crippen LogP contribution < -0.4 is 5.73 Å². The number of benzene rings is 1. The first kappa shape index (κ1) is 23.4. The molecule has 0 saturated heterocycles. The molecule has 2 rings (SSSR count). The molecule has 0 amide bonds. The molecule has 8 heteroatoms. The molecular formula is C22H27F2N3O3. The summed E-state index contributed by atoms with van der Waals surface area (Å²) in [7, 11) is 1.45. The standard InChI is InChI=1S/C22H27F2N3O3/c1-12(13-7-9-18(28)17(24)10-13)27-19(20(25)26-5)14-6-8-15(16(23)11-14)21(29)30-22(2,3)4/h6,8,11,13,17H,1,7,9-10H2,2-5H3,(H2,25,26)/b27-19-/t13-,17+/m1/s1. The Kier molecular flexibility index (Phi) is 7.23. The highest BCUT2D eigenvalue weighted by atomic mass is 19.1. The van der Waals surface area contributed by atoms with E-state index in [-0.39, 0.29) is 41.4 Å². The number of esters is 1. The van der Waals surface area contributed by atoms with Crippen molar-refractivity contribution in [1.29, 1.82) is 0 Å². The molecule has 1 saturated carbocycles. The summed E-state index contributed by atoms with van der Waals surface area (Å²) in [6.45, 7) is 8.95. The smallest absolute Gasteiger partial charge is 0.341 e. The van der Waals surface area contributed by atoms with Gasteiger partial charge in [-0.1, -0.05) is 12.6 Å². The van der Waals surface area contributed by atoms with E-state index in [1.807, 2.05) is 0 Å². The highest BCUT2D eigenvalue weighted by molar-refractivity contribution is 6.47. The summed E-state index contributed by atoms with van der Waals surface area (Å²) in [6, 6.07) is 3.89. The van der Waals surface area contributed by atoms with Crippen molar-refractivity contribution in [2.45, 2.75) is 51.8 Å². The minimum atomic E-state index is -1.54. The van der Waals surface area contributed by atoms with Gasteiger partial charge < -0.3 is 10.5 Å². The van der Waals surface area contributed by atoms with Crippen molar-refractivity contribution >= 4 is 23.3 Å². The second kappa shape index (κ2) is 9.28. The van der Waals surface area contributed by atoms with Crippen molar-refractivity contribution in [3.63, 3.8) is 0 Å². The zero-order valence-electron chi connectivity index (χ0n) is 17.7. The van der Waals surface area contributed by atoms with Crippen LogP contribution in [0.25, 0.3) is 0 Å². The maximum Gasteiger partial charge on any atom is 0.341 e. The average molecular weight is 419 g/mol. The number of carbonyl (C=O) groups excluding carboxylic acids is 2. The molecule has 1 aliphatic rings. The molecule has 0 aliphatic heterocycles. The van der Waals surface area contributed by atoms with Gasteiger partial charge in [0.25, 0.3) is 0 Å². The van der Waals surface area contributed by atoms with Crippen LogP contribution in [0.15, 0.2) is 40.5 Å². The number of nitrogens with zero attached hydrogens (tertiary/aromatic N) is 2. The van der Waals surface area contributed by atoms with E-state index >= 15 is 0 Å². The molecule has 2 N–H and O–H groups in total. The van der Waals surface area contributed by atoms with Crippen molar-refractivity contribution in [2.24, 2.45) is 21.6 Å². The Balaban J connectivity index is 2.35. The van der Waals surface area contributed by atoms with E-state index in [2.05, 4.69) is 16.6 Å². The second-order valence-corrected chi connectivity index (χ2v) is 8.16. The molecule has 1 aliphatic carbocycles. The Morgan fingerprint density at radius 1 is 1.33 bits per heavy atom. The van der Waals surface area contributed by atoms with Crippen molar-refractivity contribution in [2.75, 3.05) is 7.05 Å². The lowest BCUT2D eigenvalue weighted by molar-refractivity contribution is -0.126. The average Bonchev–Trinajstić information content (AvgIpc) is 2.65. The lowest BCUT2D eigenvalue weighted by atomic mass is 9.85. The highest BCUT2D eigenvalue weighted by Gasteiger charge is 2.30. The number of rotatable bonds is 5. The molecular weight excluding hydrogens is 392 g/mol. The predicted octanol–water partition coefficient (Wildman–Crippen LogP) is 3.78. The van der Waals surface area contributed by atoms with Crippen LogP contribution in [-0.4, -0.2) is 42.1 Å². The largest absolute Gasteiger partial charge is 0.456 e. The van der Waals surface area contributed by atoms with Crippen molar-refractivity contribution in [3.8, 4) is 0 Å². The minimum Gasteiger partial charge on any atom is -0.456 e. The SMILES string of the molecule is C=C(/N=C(\C(N)=N/C)c1ccc(C(=O)OC(C)(C)C)c(F)c1)[C@@H]1CCC(=O)[C@@H](F)C1. The third kappa shape index (κ3) is 5.81. The lowest BCUT2D eigenvalue weighted by Gasteiger charge is -2.24. The fourth-order valence-electron chi connectivity index (χ4n) is 3.05. The number of Topliss-reactive ketones (excluding diaryl/α,β-unsaturated/α-hetero) is 1. The Morgan fingerprint density at radius 3 is 2.53 bits per heavy atom. The van der Waals surface area contributed by atoms with E-state index in [9.17, 15) is 18.4 Å². The molecule has 0 aromatic heterocycles. The van der Waals surface area contributed by atoms with Gasteiger partial charge >= 0.3 is 5.97 Å². The summed E-state index contributed by atoms with van der Waals surface area (Å²) in [5.41, 5.74) is 5.74. The third-order valence-electron chi connectivity index (χ3n) is 4.65. The molecule has 6 nitrogen and oxygen atoms in total. The summed E-state index contributed by atoms with van der Waals surface area (Å²) in [4.78, 5) is 31.9. The molecule has 1 fully saturated rings. The molecule has 1 aromatic carbocycles. The van der Waals surface area contributed by atoms with E-state index in [0.717, 1.165) is 6.07 Å². The molecule has 0 spiro atoms. The normalized spacial score (nSPS) is 20.8. The van der Waals surface area contributed by atoms with Gasteiger partial charge in [-0.05, 0) is 45.7 Å². The molecule has 0 radical (unpaired) electrons. The number of halogens is 2. The number of hydrogen-bond donors (Lipinski definition) is 1. The Bertz CT molecular complexity index is 917. The number of nitrogens with two attached hydrogens (primary N) is 1. The van der Waals surface area contributed by atoms with Crippen LogP contribution in [0.2, 0.25) is 0 Å². The molecule has 30 heavy (non-hydrogen) atoms. The zero-order valence-corrected chi connectivity index (χ0v) is 17.7. The lowest BCUT2D eigenvalue weighted by Crippen LogP contribution is -2.29. The number of carbonyl (C=O) groups is 2. The van der Waals surface area contributed by atoms with Crippen LogP contribution in [0.3, 0.4) is 0 Å². The van der Waals surface area contributed by atoms with Gasteiger partial charge in [0.1, 0.15) is 23.0 Å². The van der Waals surface area contributed by atoms with Crippen LogP contribution in [0.4, 0.5) is 8.78 Å². The molecule has 1 aromatic rings. The molecule has 162 valence electrons. The first-order chi connectivity index (χ1) is 13.9. The fraction of sp³-hybridized carbons (Fsp3) is 0.455. The third-order valence-corrected chi connectivity index (χ3v) is 4.65. The Labute approximate surface area is 174 Å². The van der Waals surface area contributed by atoms with Gasteiger partial charge in [0.2, 0.25) is 0 Å². The van der Waals surface area contributed by atoms with Gasteiger partial charge in [-0.15, -0.1) is 0 Å². The Morgan fingerprint density at radius 2 is 2.00 bits per heavy atom. The van der Waals surface area contributed by atoms with E-state index in [4.69, 9.17) is 10.5 Å². The Hall–Kier alpha value is -2.90. The number of amidine groups is 1. The number of alkyl halides is 1. The topological polar surface area (TPSA) is 94.1 Å². The molecule has 0 unspecified atom stereocenters. The van der Waals surface area contributed by atoms with E-state index in [1.54, 1.807) is 20.8 Å². The van der Waals surface area contributed by atoms with Crippen molar-refractivity contribution < 1.29 is 23.1 Å². The number of ether oxygens (including phenoxy) is 1. The quantitative estimate of drug-likeness (QED) is 0.446. The molecule has 0 heterocycles. The van der Waals surface area contributed by atoms with Crippen molar-refractivity contribution in [3.05, 3.63) is 47.4 Å². The van der Waals surface area contributed by atoms with Crippen molar-refractivity contribution in [1.82, 2.24) is 0 Å². The number of allylic oxidation sites excluding steroid dienone is 1. The first-order valence-corrected chi connectivity index (χ1v) is 9.63. The van der Waals surface area contributed by atoms with Crippen LogP contribution >= 0.6 is 0 Å². The van der Waals surface area contributed by atoms with Crippen LogP contribution in [0, 0.1) is 11.7 Å². The van der Waals surface area contributed by atoms with Crippen LogP contribution in [0.5, 0.6) is 0 Å². The summed E-state index contributed by atoms with van der Waals surface area (Å²) >= 11 is 0. The summed E-state index contributed by atoms with van der Waals surface area (Å²) in [5, 5.41) is 0. The fourth-order valence-corrected chi connectivity index (χ4v) is 3.05. The second-order valence-electron chi connectivity index (χ2n) is 8.16. The van der Waals surface area contributed by atoms with E-state index in [1.165, 1.54) is 19.2 Å². The van der Waals surface area contributed by atoms with Gasteiger partial charge in [-0.2, -0.15) is 0 Å². The van der Waals surface area contributed by atoms with Crippen LogP contribution in [0.1, 0.15) is 56.0 Å².